The van der Waals surface area contributed by atoms with Gasteiger partial charge >= 0.3 is 0 Å². The number of halogens is 1. The van der Waals surface area contributed by atoms with Gasteiger partial charge in [0.2, 0.25) is 0 Å². The van der Waals surface area contributed by atoms with Gasteiger partial charge in [0, 0.05) is 11.3 Å². The minimum absolute atomic E-state index is 0.0155. The summed E-state index contributed by atoms with van der Waals surface area (Å²) < 4.78 is 39.6. The third kappa shape index (κ3) is 4.98. The van der Waals surface area contributed by atoms with Gasteiger partial charge in [-0.2, -0.15) is 0 Å². The van der Waals surface area contributed by atoms with Gasteiger partial charge in [0.15, 0.2) is 11.5 Å². The summed E-state index contributed by atoms with van der Waals surface area (Å²) >= 11 is 6.14. The Morgan fingerprint density at radius 2 is 1.78 bits per heavy atom. The molecule has 1 amide bonds. The summed E-state index contributed by atoms with van der Waals surface area (Å²) in [4.78, 5) is 12.5. The summed E-state index contributed by atoms with van der Waals surface area (Å²) in [5.41, 5.74) is 1.56. The fourth-order valence-corrected chi connectivity index (χ4v) is 4.74. The predicted molar refractivity (Wildman–Crippen MR) is 122 cm³/mol. The van der Waals surface area contributed by atoms with Crippen molar-refractivity contribution >= 4 is 33.2 Å². The van der Waals surface area contributed by atoms with Gasteiger partial charge in [-0.05, 0) is 49.4 Å². The highest BCUT2D eigenvalue weighted by Crippen LogP contribution is 2.30. The second-order valence-corrected chi connectivity index (χ2v) is 9.38. The van der Waals surface area contributed by atoms with Gasteiger partial charge in [-0.3, -0.25) is 9.52 Å². The molecule has 7 nitrogen and oxygen atoms in total. The number of hydrogen-bond donors (Lipinski definition) is 2. The van der Waals surface area contributed by atoms with Crippen molar-refractivity contribution < 1.29 is 22.7 Å². The van der Waals surface area contributed by atoms with Crippen LogP contribution in [0.3, 0.4) is 0 Å². The lowest BCUT2D eigenvalue weighted by Crippen LogP contribution is -2.40. The number of amides is 1. The molecule has 32 heavy (non-hydrogen) atoms. The van der Waals surface area contributed by atoms with E-state index in [4.69, 9.17) is 21.1 Å². The fourth-order valence-electron chi connectivity index (χ4n) is 3.15. The maximum atomic E-state index is 12.8. The Labute approximate surface area is 191 Å². The van der Waals surface area contributed by atoms with E-state index in [0.29, 0.717) is 17.2 Å². The number of fused-ring (bicyclic) bond motifs is 1. The van der Waals surface area contributed by atoms with Crippen molar-refractivity contribution in [2.45, 2.75) is 17.9 Å². The van der Waals surface area contributed by atoms with E-state index in [1.165, 1.54) is 18.2 Å². The van der Waals surface area contributed by atoms with Crippen LogP contribution in [0.2, 0.25) is 5.02 Å². The first-order chi connectivity index (χ1) is 15.3. The Bertz CT molecular complexity index is 1250. The summed E-state index contributed by atoms with van der Waals surface area (Å²) in [7, 11) is -3.99. The molecular weight excluding hydrogens is 452 g/mol. The molecule has 0 unspecified atom stereocenters. The van der Waals surface area contributed by atoms with Crippen LogP contribution in [-0.2, 0) is 10.0 Å². The number of carbonyl (C=O) groups excluding carboxylic acids is 1. The van der Waals surface area contributed by atoms with E-state index in [0.717, 1.165) is 5.56 Å². The molecule has 1 aliphatic rings. The summed E-state index contributed by atoms with van der Waals surface area (Å²) in [6.45, 7) is 2.39. The Morgan fingerprint density at radius 3 is 2.53 bits per heavy atom. The van der Waals surface area contributed by atoms with Gasteiger partial charge in [-0.1, -0.05) is 41.4 Å². The number of benzene rings is 3. The van der Waals surface area contributed by atoms with Crippen molar-refractivity contribution in [1.29, 1.82) is 0 Å². The number of sulfonamides is 1. The number of rotatable bonds is 6. The Balaban J connectivity index is 1.45. The number of hydrogen-bond acceptors (Lipinski definition) is 5. The van der Waals surface area contributed by atoms with Gasteiger partial charge in [-0.25, -0.2) is 8.42 Å². The molecule has 4 rings (SSSR count). The lowest BCUT2D eigenvalue weighted by atomic mass is 10.2. The highest BCUT2D eigenvalue weighted by atomic mass is 35.5. The minimum Gasteiger partial charge on any atom is -0.486 e. The number of anilines is 1. The number of carbonyl (C=O) groups is 1. The third-order valence-electron chi connectivity index (χ3n) is 4.84. The van der Waals surface area contributed by atoms with Crippen LogP contribution in [0.1, 0.15) is 15.9 Å². The molecule has 0 spiro atoms. The molecule has 0 radical (unpaired) electrons. The third-order valence-corrected chi connectivity index (χ3v) is 6.71. The summed E-state index contributed by atoms with van der Waals surface area (Å²) in [6.07, 6.45) is -0.368. The first kappa shape index (κ1) is 22.0. The standard InChI is InChI=1S/C23H21ClN2O5S/c1-15-6-9-17(10-7-15)26-32(28,29)22-12-16(8-11-19(22)24)23(27)25-13-18-14-30-20-4-2-3-5-21(20)31-18/h2-12,18,26H,13-14H2,1H3,(H,25,27)/t18-/m1/s1. The zero-order valence-corrected chi connectivity index (χ0v) is 18.7. The monoisotopic (exact) mass is 472 g/mol. The molecule has 3 aromatic rings. The summed E-state index contributed by atoms with van der Waals surface area (Å²) in [6, 6.07) is 18.3. The highest BCUT2D eigenvalue weighted by molar-refractivity contribution is 7.92. The van der Waals surface area contributed by atoms with Crippen molar-refractivity contribution in [2.75, 3.05) is 17.9 Å². The van der Waals surface area contributed by atoms with E-state index >= 15 is 0 Å². The van der Waals surface area contributed by atoms with E-state index in [9.17, 15) is 13.2 Å². The van der Waals surface area contributed by atoms with E-state index in [1.54, 1.807) is 30.3 Å². The number of aryl methyl sites for hydroxylation is 1. The topological polar surface area (TPSA) is 93.7 Å². The second-order valence-electron chi connectivity index (χ2n) is 7.32. The van der Waals surface area contributed by atoms with Crippen molar-refractivity contribution in [2.24, 2.45) is 0 Å². The zero-order chi connectivity index (χ0) is 22.7. The molecule has 0 saturated heterocycles. The molecule has 9 heteroatoms. The van der Waals surface area contributed by atoms with Crippen LogP contribution in [0, 0.1) is 6.92 Å². The molecule has 1 atom stereocenters. The second kappa shape index (κ2) is 9.10. The van der Waals surface area contributed by atoms with E-state index < -0.39 is 15.9 Å². The van der Waals surface area contributed by atoms with Crippen LogP contribution < -0.4 is 19.5 Å². The summed E-state index contributed by atoms with van der Waals surface area (Å²) in [5.74, 6) is 0.819. The number of nitrogens with one attached hydrogen (secondary N) is 2. The molecule has 166 valence electrons. The maximum Gasteiger partial charge on any atom is 0.263 e. The SMILES string of the molecule is Cc1ccc(NS(=O)(=O)c2cc(C(=O)NC[C@@H]3COc4ccccc4O3)ccc2Cl)cc1. The van der Waals surface area contributed by atoms with E-state index in [-0.39, 0.29) is 34.7 Å². The molecule has 0 bridgehead atoms. The number of ether oxygens (including phenoxy) is 2. The van der Waals surface area contributed by atoms with Crippen LogP contribution >= 0.6 is 11.6 Å². The lowest BCUT2D eigenvalue weighted by molar-refractivity contribution is 0.0789. The first-order valence-electron chi connectivity index (χ1n) is 9.87. The molecule has 0 aliphatic carbocycles. The fraction of sp³-hybridized carbons (Fsp3) is 0.174. The minimum atomic E-state index is -3.99. The Morgan fingerprint density at radius 1 is 1.06 bits per heavy atom. The van der Waals surface area contributed by atoms with E-state index in [1.807, 2.05) is 25.1 Å². The molecule has 0 aromatic heterocycles. The maximum absolute atomic E-state index is 12.8. The van der Waals surface area contributed by atoms with Gasteiger partial charge in [0.1, 0.15) is 17.6 Å². The molecule has 2 N–H and O–H groups in total. The highest BCUT2D eigenvalue weighted by Gasteiger charge is 2.23. The summed E-state index contributed by atoms with van der Waals surface area (Å²) in [5, 5.41) is 2.77. The molecule has 0 saturated carbocycles. The van der Waals surface area contributed by atoms with Crippen molar-refractivity contribution in [3.63, 3.8) is 0 Å². The van der Waals surface area contributed by atoms with Gasteiger partial charge in [-0.15, -0.1) is 0 Å². The average molecular weight is 473 g/mol. The predicted octanol–water partition coefficient (Wildman–Crippen LogP) is 4.02. The lowest BCUT2D eigenvalue weighted by Gasteiger charge is -2.26. The normalized spacial score (nSPS) is 15.1. The Hall–Kier alpha value is -3.23. The van der Waals surface area contributed by atoms with Gasteiger partial charge in [0.05, 0.1) is 11.6 Å². The van der Waals surface area contributed by atoms with Crippen LogP contribution in [0.25, 0.3) is 0 Å². The van der Waals surface area contributed by atoms with Crippen LogP contribution in [-0.4, -0.2) is 33.6 Å². The van der Waals surface area contributed by atoms with Crippen molar-refractivity contribution in [3.8, 4) is 11.5 Å². The van der Waals surface area contributed by atoms with Crippen molar-refractivity contribution in [3.05, 3.63) is 82.9 Å². The molecular formula is C23H21ClN2O5S. The van der Waals surface area contributed by atoms with Crippen LogP contribution in [0.5, 0.6) is 11.5 Å². The Kier molecular flexibility index (Phi) is 6.25. The average Bonchev–Trinajstić information content (AvgIpc) is 2.79. The molecule has 3 aromatic carbocycles. The van der Waals surface area contributed by atoms with Gasteiger partial charge < -0.3 is 14.8 Å². The molecule has 0 fully saturated rings. The largest absolute Gasteiger partial charge is 0.486 e. The van der Waals surface area contributed by atoms with Crippen LogP contribution in [0.15, 0.2) is 71.6 Å². The van der Waals surface area contributed by atoms with E-state index in [2.05, 4.69) is 10.0 Å². The van der Waals surface area contributed by atoms with Gasteiger partial charge in [0.25, 0.3) is 15.9 Å². The molecule has 1 aliphatic heterocycles. The zero-order valence-electron chi connectivity index (χ0n) is 17.2. The van der Waals surface area contributed by atoms with Crippen LogP contribution in [0.4, 0.5) is 5.69 Å². The van der Waals surface area contributed by atoms with Crippen molar-refractivity contribution in [1.82, 2.24) is 5.32 Å². The first-order valence-corrected chi connectivity index (χ1v) is 11.7. The smallest absolute Gasteiger partial charge is 0.263 e. The number of para-hydroxylation sites is 2. The molecule has 1 heterocycles. The quantitative estimate of drug-likeness (QED) is 0.565.